The maximum absolute atomic E-state index is 5.87. The van der Waals surface area contributed by atoms with Crippen LogP contribution in [0.1, 0.15) is 71.1 Å². The van der Waals surface area contributed by atoms with Crippen LogP contribution in [0.3, 0.4) is 0 Å². The third-order valence-corrected chi connectivity index (χ3v) is 4.57. The van der Waals surface area contributed by atoms with E-state index in [0.29, 0.717) is 29.7 Å². The number of nitrogens with one attached hydrogen (secondary N) is 2. The first kappa shape index (κ1) is 19.2. The number of nitrogens with zero attached hydrogens (tertiary/aromatic N) is 4. The van der Waals surface area contributed by atoms with E-state index in [0.717, 1.165) is 25.7 Å². The van der Waals surface area contributed by atoms with Gasteiger partial charge in [-0.25, -0.2) is 20.8 Å². The minimum absolute atomic E-state index is 0.322. The first-order chi connectivity index (χ1) is 12.1. The average Bonchev–Trinajstić information content (AvgIpc) is 2.62. The molecule has 2 rings (SSSR count). The van der Waals surface area contributed by atoms with E-state index in [2.05, 4.69) is 31.0 Å². The van der Waals surface area contributed by atoms with Gasteiger partial charge in [0.2, 0.25) is 11.9 Å². The van der Waals surface area contributed by atoms with Crippen molar-refractivity contribution in [3.8, 4) is 0 Å². The van der Waals surface area contributed by atoms with Crippen molar-refractivity contribution in [3.63, 3.8) is 0 Å². The lowest BCUT2D eigenvalue weighted by Crippen LogP contribution is -2.31. The predicted octanol–water partition coefficient (Wildman–Crippen LogP) is 1.82. The maximum atomic E-state index is 5.87. The summed E-state index contributed by atoms with van der Waals surface area (Å²) in [7, 11) is 0. The Balaban J connectivity index is 1.72. The van der Waals surface area contributed by atoms with Crippen LogP contribution in [0, 0.1) is 0 Å². The highest BCUT2D eigenvalue weighted by Gasteiger charge is 2.12. The van der Waals surface area contributed by atoms with E-state index < -0.39 is 0 Å². The van der Waals surface area contributed by atoms with E-state index in [1.54, 1.807) is 6.21 Å². The third kappa shape index (κ3) is 8.00. The molecule has 2 aliphatic rings. The van der Waals surface area contributed by atoms with Gasteiger partial charge in [0.05, 0.1) is 24.0 Å². The summed E-state index contributed by atoms with van der Waals surface area (Å²) < 4.78 is 0. The molecule has 0 bridgehead atoms. The Labute approximate surface area is 150 Å². The van der Waals surface area contributed by atoms with Crippen molar-refractivity contribution in [1.29, 1.82) is 0 Å². The summed E-state index contributed by atoms with van der Waals surface area (Å²) in [6.07, 6.45) is 13.5. The molecule has 6 N–H and O–H groups in total. The monoisotopic (exact) mass is 348 g/mol. The molecule has 0 saturated heterocycles. The van der Waals surface area contributed by atoms with Crippen molar-refractivity contribution < 1.29 is 0 Å². The van der Waals surface area contributed by atoms with Crippen LogP contribution in [0.25, 0.3) is 0 Å². The van der Waals surface area contributed by atoms with Gasteiger partial charge in [0.1, 0.15) is 0 Å². The predicted molar refractivity (Wildman–Crippen MR) is 105 cm³/mol. The van der Waals surface area contributed by atoms with E-state index in [1.165, 1.54) is 38.5 Å². The molecule has 25 heavy (non-hydrogen) atoms. The number of hydrogen-bond acceptors (Lipinski definition) is 4. The Morgan fingerprint density at radius 2 is 1.28 bits per heavy atom. The SMILES string of the molecule is CC(/C=N/NC(N)=NC1CCCCC1)=N\NC(N)=NC1CCCCC1. The minimum atomic E-state index is 0.322. The first-order valence-corrected chi connectivity index (χ1v) is 9.39. The Morgan fingerprint density at radius 3 is 1.80 bits per heavy atom. The minimum Gasteiger partial charge on any atom is -0.369 e. The number of nitrogens with two attached hydrogens (primary N) is 2. The lowest BCUT2D eigenvalue weighted by atomic mass is 9.96. The highest BCUT2D eigenvalue weighted by atomic mass is 15.4. The molecule has 0 atom stereocenters. The van der Waals surface area contributed by atoms with Crippen LogP contribution in [-0.2, 0) is 0 Å². The standard InChI is InChI=1S/C17H32N8/c1-13(23-25-17(19)22-15-10-6-3-7-11-15)12-20-24-16(18)21-14-8-4-2-5-9-14/h12,14-15H,2-11H2,1H3,(H3,18,21,24)(H3,19,22,25)/b20-12+,23-13+. The molecule has 2 aliphatic carbocycles. The van der Waals surface area contributed by atoms with Gasteiger partial charge >= 0.3 is 0 Å². The molecule has 0 aromatic heterocycles. The van der Waals surface area contributed by atoms with Gasteiger partial charge in [-0.1, -0.05) is 38.5 Å². The third-order valence-electron chi connectivity index (χ3n) is 4.57. The smallest absolute Gasteiger partial charge is 0.209 e. The number of guanidine groups is 2. The molecular formula is C17H32N8. The quantitative estimate of drug-likeness (QED) is 0.343. The summed E-state index contributed by atoms with van der Waals surface area (Å²) in [6, 6.07) is 0.645. The summed E-state index contributed by atoms with van der Waals surface area (Å²) in [5.74, 6) is 0.702. The molecule has 8 nitrogen and oxygen atoms in total. The molecule has 0 aliphatic heterocycles. The summed E-state index contributed by atoms with van der Waals surface area (Å²) in [5.41, 5.74) is 17.9. The molecule has 0 aromatic carbocycles. The molecule has 8 heteroatoms. The fourth-order valence-electron chi connectivity index (χ4n) is 3.24. The van der Waals surface area contributed by atoms with E-state index >= 15 is 0 Å². The van der Waals surface area contributed by atoms with Crippen molar-refractivity contribution in [2.45, 2.75) is 83.2 Å². The summed E-state index contributed by atoms with van der Waals surface area (Å²) >= 11 is 0. The zero-order valence-electron chi connectivity index (χ0n) is 15.2. The molecule has 0 heterocycles. The fraction of sp³-hybridized carbons (Fsp3) is 0.765. The lowest BCUT2D eigenvalue weighted by molar-refractivity contribution is 0.442. The molecule has 0 aromatic rings. The Hall–Kier alpha value is -2.12. The number of hydrogen-bond donors (Lipinski definition) is 4. The van der Waals surface area contributed by atoms with Crippen LogP contribution in [0.15, 0.2) is 20.2 Å². The van der Waals surface area contributed by atoms with Crippen LogP contribution in [-0.4, -0.2) is 35.9 Å². The summed E-state index contributed by atoms with van der Waals surface area (Å²) in [4.78, 5) is 8.91. The van der Waals surface area contributed by atoms with E-state index in [4.69, 9.17) is 11.5 Å². The zero-order valence-corrected chi connectivity index (χ0v) is 15.2. The number of aliphatic imine (C=N–C) groups is 2. The van der Waals surface area contributed by atoms with Crippen LogP contribution in [0.2, 0.25) is 0 Å². The molecule has 2 fully saturated rings. The Bertz CT molecular complexity index is 511. The maximum Gasteiger partial charge on any atom is 0.209 e. The highest BCUT2D eigenvalue weighted by Crippen LogP contribution is 2.20. The van der Waals surface area contributed by atoms with Crippen LogP contribution >= 0.6 is 0 Å². The first-order valence-electron chi connectivity index (χ1n) is 9.39. The van der Waals surface area contributed by atoms with Gasteiger partial charge in [-0.15, -0.1) is 0 Å². The number of rotatable bonds is 5. The van der Waals surface area contributed by atoms with Gasteiger partial charge < -0.3 is 11.5 Å². The molecule has 0 amide bonds. The summed E-state index contributed by atoms with van der Waals surface area (Å²) in [6.45, 7) is 1.82. The lowest BCUT2D eigenvalue weighted by Gasteiger charge is -2.17. The van der Waals surface area contributed by atoms with Crippen molar-refractivity contribution in [2.75, 3.05) is 0 Å². The second kappa shape index (κ2) is 10.7. The van der Waals surface area contributed by atoms with Crippen LogP contribution < -0.4 is 22.3 Å². The molecule has 0 unspecified atom stereocenters. The van der Waals surface area contributed by atoms with Crippen molar-refractivity contribution in [2.24, 2.45) is 31.7 Å². The summed E-state index contributed by atoms with van der Waals surface area (Å²) in [5, 5.41) is 8.19. The molecular weight excluding hydrogens is 316 g/mol. The van der Waals surface area contributed by atoms with Crippen molar-refractivity contribution in [1.82, 2.24) is 10.9 Å². The molecule has 140 valence electrons. The van der Waals surface area contributed by atoms with E-state index in [1.807, 2.05) is 6.92 Å². The zero-order chi connectivity index (χ0) is 17.9. The van der Waals surface area contributed by atoms with Crippen molar-refractivity contribution in [3.05, 3.63) is 0 Å². The topological polar surface area (TPSA) is 126 Å². The van der Waals surface area contributed by atoms with Crippen molar-refractivity contribution >= 4 is 23.8 Å². The van der Waals surface area contributed by atoms with E-state index in [9.17, 15) is 0 Å². The van der Waals surface area contributed by atoms with Gasteiger partial charge in [-0.3, -0.25) is 0 Å². The van der Waals surface area contributed by atoms with Gasteiger partial charge in [-0.2, -0.15) is 10.2 Å². The molecule has 0 spiro atoms. The average molecular weight is 348 g/mol. The van der Waals surface area contributed by atoms with Gasteiger partial charge in [0.15, 0.2) is 0 Å². The second-order valence-electron chi connectivity index (χ2n) is 6.85. The normalized spacial score (nSPS) is 22.4. The largest absolute Gasteiger partial charge is 0.369 e. The second-order valence-corrected chi connectivity index (χ2v) is 6.85. The Morgan fingerprint density at radius 1 is 0.800 bits per heavy atom. The molecule has 0 radical (unpaired) electrons. The Kier molecular flexibility index (Phi) is 8.21. The van der Waals surface area contributed by atoms with Gasteiger partial charge in [-0.05, 0) is 32.6 Å². The fourth-order valence-corrected chi connectivity index (χ4v) is 3.24. The van der Waals surface area contributed by atoms with Gasteiger partial charge in [0, 0.05) is 0 Å². The highest BCUT2D eigenvalue weighted by molar-refractivity contribution is 6.29. The molecule has 2 saturated carbocycles. The van der Waals surface area contributed by atoms with E-state index in [-0.39, 0.29) is 0 Å². The van der Waals surface area contributed by atoms with Crippen LogP contribution in [0.4, 0.5) is 0 Å². The van der Waals surface area contributed by atoms with Crippen LogP contribution in [0.5, 0.6) is 0 Å². The number of hydrazone groups is 2. The van der Waals surface area contributed by atoms with Gasteiger partial charge in [0.25, 0.3) is 0 Å².